The monoisotopic (exact) mass is 492 g/mol. The van der Waals surface area contributed by atoms with Crippen LogP contribution in [0.15, 0.2) is 64.1 Å². The summed E-state index contributed by atoms with van der Waals surface area (Å²) in [6.07, 6.45) is 1.31. The molecule has 0 aliphatic heterocycles. The lowest BCUT2D eigenvalue weighted by Gasteiger charge is -2.13. The van der Waals surface area contributed by atoms with Crippen LogP contribution in [0.2, 0.25) is 5.02 Å². The minimum absolute atomic E-state index is 0.0125. The SMILES string of the molecule is COC(=O)c1ccc(NS(=O)(=O)c2ccc(Cl)c(NC(=O)c3ccco3)c2)cc1C(=O)OC. The van der Waals surface area contributed by atoms with Gasteiger partial charge in [0, 0.05) is 5.69 Å². The van der Waals surface area contributed by atoms with Crippen molar-refractivity contribution < 1.29 is 36.7 Å². The summed E-state index contributed by atoms with van der Waals surface area (Å²) in [4.78, 5) is 35.9. The molecule has 3 aromatic rings. The second-order valence-corrected chi connectivity index (χ2v) is 8.51. The summed E-state index contributed by atoms with van der Waals surface area (Å²) in [5.41, 5.74) is -0.259. The highest BCUT2D eigenvalue weighted by molar-refractivity contribution is 7.92. The molecule has 1 heterocycles. The minimum Gasteiger partial charge on any atom is -0.465 e. The first kappa shape index (κ1) is 23.8. The molecule has 172 valence electrons. The van der Waals surface area contributed by atoms with Gasteiger partial charge in [0.25, 0.3) is 15.9 Å². The van der Waals surface area contributed by atoms with E-state index in [1.165, 1.54) is 42.7 Å². The molecule has 0 radical (unpaired) electrons. The third-order valence-corrected chi connectivity index (χ3v) is 6.03. The fourth-order valence-corrected chi connectivity index (χ4v) is 3.99. The van der Waals surface area contributed by atoms with Gasteiger partial charge in [-0.3, -0.25) is 9.52 Å². The Kier molecular flexibility index (Phi) is 7.04. The topological polar surface area (TPSA) is 141 Å². The van der Waals surface area contributed by atoms with Crippen molar-refractivity contribution in [3.63, 3.8) is 0 Å². The number of halogens is 1. The zero-order chi connectivity index (χ0) is 24.2. The fraction of sp³-hybridized carbons (Fsp3) is 0.0952. The number of amides is 1. The average Bonchev–Trinajstić information content (AvgIpc) is 3.34. The highest BCUT2D eigenvalue weighted by Crippen LogP contribution is 2.28. The molecule has 3 rings (SSSR count). The number of carbonyl (C=O) groups is 3. The number of nitrogens with one attached hydrogen (secondary N) is 2. The summed E-state index contributed by atoms with van der Waals surface area (Å²) in [5.74, 6) is -2.26. The van der Waals surface area contributed by atoms with Crippen LogP contribution in [0.1, 0.15) is 31.3 Å². The molecule has 0 saturated carbocycles. The highest BCUT2D eigenvalue weighted by Gasteiger charge is 2.22. The highest BCUT2D eigenvalue weighted by atomic mass is 35.5. The van der Waals surface area contributed by atoms with Gasteiger partial charge in [-0.05, 0) is 48.5 Å². The van der Waals surface area contributed by atoms with Gasteiger partial charge in [-0.2, -0.15) is 0 Å². The summed E-state index contributed by atoms with van der Waals surface area (Å²) < 4.78 is 42.4. The Balaban J connectivity index is 1.91. The second kappa shape index (κ2) is 9.76. The van der Waals surface area contributed by atoms with Crippen LogP contribution >= 0.6 is 11.6 Å². The molecule has 0 spiro atoms. The van der Waals surface area contributed by atoms with E-state index >= 15 is 0 Å². The number of esters is 2. The van der Waals surface area contributed by atoms with Gasteiger partial charge in [-0.25, -0.2) is 18.0 Å². The fourth-order valence-electron chi connectivity index (χ4n) is 2.75. The van der Waals surface area contributed by atoms with Crippen molar-refractivity contribution in [2.75, 3.05) is 24.3 Å². The molecule has 0 bridgehead atoms. The van der Waals surface area contributed by atoms with Gasteiger partial charge < -0.3 is 19.2 Å². The van der Waals surface area contributed by atoms with Crippen LogP contribution in [0.25, 0.3) is 0 Å². The lowest BCUT2D eigenvalue weighted by Crippen LogP contribution is -2.17. The van der Waals surface area contributed by atoms with E-state index in [2.05, 4.69) is 19.5 Å². The number of furan rings is 1. The quantitative estimate of drug-likeness (QED) is 0.477. The number of methoxy groups -OCH3 is 2. The minimum atomic E-state index is -4.18. The summed E-state index contributed by atoms with van der Waals surface area (Å²) >= 11 is 6.09. The first-order chi connectivity index (χ1) is 15.7. The van der Waals surface area contributed by atoms with Crippen LogP contribution < -0.4 is 10.0 Å². The maximum atomic E-state index is 12.9. The molecule has 2 N–H and O–H groups in total. The van der Waals surface area contributed by atoms with Crippen LogP contribution in [-0.4, -0.2) is 40.5 Å². The predicted molar refractivity (Wildman–Crippen MR) is 118 cm³/mol. The molecular weight excluding hydrogens is 476 g/mol. The maximum Gasteiger partial charge on any atom is 0.338 e. The van der Waals surface area contributed by atoms with Crippen LogP contribution in [0, 0.1) is 0 Å². The maximum absolute atomic E-state index is 12.9. The average molecular weight is 493 g/mol. The van der Waals surface area contributed by atoms with Crippen LogP contribution in [0.3, 0.4) is 0 Å². The molecule has 2 aromatic carbocycles. The number of ether oxygens (including phenoxy) is 2. The van der Waals surface area contributed by atoms with Gasteiger partial charge in [-0.15, -0.1) is 0 Å². The van der Waals surface area contributed by atoms with E-state index in [0.29, 0.717) is 0 Å². The van der Waals surface area contributed by atoms with Crippen LogP contribution in [0.5, 0.6) is 0 Å². The first-order valence-corrected chi connectivity index (χ1v) is 11.0. The number of sulfonamides is 1. The third kappa shape index (κ3) is 5.33. The molecule has 0 fully saturated rings. The van der Waals surface area contributed by atoms with E-state index in [0.717, 1.165) is 26.4 Å². The van der Waals surface area contributed by atoms with Crippen molar-refractivity contribution >= 4 is 50.8 Å². The molecule has 12 heteroatoms. The van der Waals surface area contributed by atoms with Crippen molar-refractivity contribution in [3.05, 3.63) is 76.7 Å². The van der Waals surface area contributed by atoms with Gasteiger partial charge in [0.1, 0.15) is 0 Å². The van der Waals surface area contributed by atoms with E-state index in [-0.39, 0.29) is 38.2 Å². The molecule has 0 saturated heterocycles. The van der Waals surface area contributed by atoms with Gasteiger partial charge in [0.2, 0.25) is 0 Å². The van der Waals surface area contributed by atoms with E-state index in [4.69, 9.17) is 16.0 Å². The van der Waals surface area contributed by atoms with Crippen molar-refractivity contribution in [1.29, 1.82) is 0 Å². The van der Waals surface area contributed by atoms with E-state index < -0.39 is 27.9 Å². The molecule has 1 amide bonds. The zero-order valence-electron chi connectivity index (χ0n) is 17.2. The van der Waals surface area contributed by atoms with Crippen LogP contribution in [0.4, 0.5) is 11.4 Å². The smallest absolute Gasteiger partial charge is 0.338 e. The first-order valence-electron chi connectivity index (χ1n) is 9.14. The number of benzene rings is 2. The Morgan fingerprint density at radius 1 is 0.939 bits per heavy atom. The molecule has 0 aliphatic rings. The number of rotatable bonds is 7. The second-order valence-electron chi connectivity index (χ2n) is 6.42. The summed E-state index contributed by atoms with van der Waals surface area (Å²) in [6.45, 7) is 0. The van der Waals surface area contributed by atoms with Crippen molar-refractivity contribution in [2.24, 2.45) is 0 Å². The lowest BCUT2D eigenvalue weighted by atomic mass is 10.1. The molecule has 0 aliphatic carbocycles. The number of hydrogen-bond donors (Lipinski definition) is 2. The number of anilines is 2. The number of carbonyl (C=O) groups excluding carboxylic acids is 3. The van der Waals surface area contributed by atoms with Gasteiger partial charge in [0.05, 0.1) is 47.2 Å². The zero-order valence-corrected chi connectivity index (χ0v) is 18.8. The summed E-state index contributed by atoms with van der Waals surface area (Å²) in [7, 11) is -1.92. The molecule has 1 aromatic heterocycles. The molecule has 0 unspecified atom stereocenters. The van der Waals surface area contributed by atoms with E-state index in [1.807, 2.05) is 0 Å². The Hall–Kier alpha value is -3.83. The van der Waals surface area contributed by atoms with Crippen molar-refractivity contribution in [1.82, 2.24) is 0 Å². The Labute approximate surface area is 193 Å². The van der Waals surface area contributed by atoms with Gasteiger partial charge in [0.15, 0.2) is 5.76 Å². The van der Waals surface area contributed by atoms with Crippen molar-refractivity contribution in [2.45, 2.75) is 4.90 Å². The molecular formula is C21H17ClN2O8S. The standard InChI is InChI=1S/C21H17ClN2O8S/c1-30-20(26)14-7-5-12(10-15(14)21(27)31-2)24-33(28,29)13-6-8-16(22)17(11-13)23-19(25)18-4-3-9-32-18/h3-11,24H,1-2H3,(H,23,25). The molecule has 10 nitrogen and oxygen atoms in total. The van der Waals surface area contributed by atoms with E-state index in [1.54, 1.807) is 0 Å². The van der Waals surface area contributed by atoms with Crippen LogP contribution in [-0.2, 0) is 19.5 Å². The van der Waals surface area contributed by atoms with E-state index in [9.17, 15) is 22.8 Å². The Morgan fingerprint density at radius 2 is 1.64 bits per heavy atom. The van der Waals surface area contributed by atoms with Gasteiger partial charge in [-0.1, -0.05) is 11.6 Å². The van der Waals surface area contributed by atoms with Gasteiger partial charge >= 0.3 is 11.9 Å². The number of hydrogen-bond acceptors (Lipinski definition) is 8. The Bertz CT molecular complexity index is 1320. The third-order valence-electron chi connectivity index (χ3n) is 4.32. The normalized spacial score (nSPS) is 10.9. The molecule has 0 atom stereocenters. The predicted octanol–water partition coefficient (Wildman–Crippen LogP) is 3.56. The lowest BCUT2D eigenvalue weighted by molar-refractivity contribution is 0.0555. The molecule has 33 heavy (non-hydrogen) atoms. The van der Waals surface area contributed by atoms with Crippen molar-refractivity contribution in [3.8, 4) is 0 Å². The Morgan fingerprint density at radius 3 is 2.27 bits per heavy atom. The summed E-state index contributed by atoms with van der Waals surface area (Å²) in [5, 5.41) is 2.58. The largest absolute Gasteiger partial charge is 0.465 e. The summed E-state index contributed by atoms with van der Waals surface area (Å²) in [6, 6.07) is 10.3.